The molecule has 2 aromatic rings. The second-order valence-electron chi connectivity index (χ2n) is 6.98. The summed E-state index contributed by atoms with van der Waals surface area (Å²) in [7, 11) is 0. The molecule has 0 unspecified atom stereocenters. The molecular weight excluding hydrogens is 312 g/mol. The molecule has 0 N–H and O–H groups in total. The van der Waals surface area contributed by atoms with Crippen molar-refractivity contribution in [1.29, 1.82) is 0 Å². The van der Waals surface area contributed by atoms with Gasteiger partial charge in [-0.15, -0.1) is 0 Å². The molecule has 1 aromatic heterocycles. The van der Waals surface area contributed by atoms with Crippen LogP contribution in [-0.4, -0.2) is 40.4 Å². The molecule has 2 aliphatic heterocycles. The van der Waals surface area contributed by atoms with Gasteiger partial charge in [0.05, 0.1) is 23.6 Å². The van der Waals surface area contributed by atoms with Crippen LogP contribution in [0, 0.1) is 6.92 Å². The largest absolute Gasteiger partial charge is 0.372 e. The third kappa shape index (κ3) is 3.23. The van der Waals surface area contributed by atoms with E-state index in [2.05, 4.69) is 27.0 Å². The first-order chi connectivity index (χ1) is 12.2. The minimum Gasteiger partial charge on any atom is -0.372 e. The topological polar surface area (TPSA) is 49.3 Å². The number of anilines is 1. The molecule has 5 heteroatoms. The van der Waals surface area contributed by atoms with Crippen LogP contribution in [-0.2, 0) is 0 Å². The highest BCUT2D eigenvalue weighted by Gasteiger charge is 2.31. The molecule has 2 saturated heterocycles. The van der Waals surface area contributed by atoms with Crippen LogP contribution >= 0.6 is 0 Å². The van der Waals surface area contributed by atoms with Gasteiger partial charge < -0.3 is 9.80 Å². The molecule has 2 fully saturated rings. The molecule has 0 bridgehead atoms. The lowest BCUT2D eigenvalue weighted by Crippen LogP contribution is -2.31. The standard InChI is InChI=1S/C20H24N4O/c1-15-13-21-14-18(22-15)19-5-4-12-24(19)20(25)16-6-8-17(9-7-16)23-10-2-3-11-23/h6-9,13-14,19H,2-5,10-12H2,1H3/t19-/m0/s1. The maximum atomic E-state index is 13.0. The molecule has 1 aromatic carbocycles. The van der Waals surface area contributed by atoms with Crippen molar-refractivity contribution >= 4 is 11.6 Å². The van der Waals surface area contributed by atoms with E-state index < -0.39 is 0 Å². The van der Waals surface area contributed by atoms with Crippen molar-refractivity contribution in [2.75, 3.05) is 24.5 Å². The van der Waals surface area contributed by atoms with E-state index in [1.165, 1.54) is 18.5 Å². The van der Waals surface area contributed by atoms with Crippen molar-refractivity contribution in [3.05, 3.63) is 53.6 Å². The molecule has 4 rings (SSSR count). The average molecular weight is 336 g/mol. The molecule has 5 nitrogen and oxygen atoms in total. The van der Waals surface area contributed by atoms with Gasteiger partial charge in [0.2, 0.25) is 0 Å². The predicted molar refractivity (Wildman–Crippen MR) is 97.7 cm³/mol. The van der Waals surface area contributed by atoms with E-state index in [4.69, 9.17) is 0 Å². The van der Waals surface area contributed by atoms with Crippen LogP contribution in [0.1, 0.15) is 53.5 Å². The fourth-order valence-corrected chi connectivity index (χ4v) is 3.92. The van der Waals surface area contributed by atoms with E-state index in [0.29, 0.717) is 0 Å². The molecule has 130 valence electrons. The number of benzene rings is 1. The van der Waals surface area contributed by atoms with Crippen molar-refractivity contribution < 1.29 is 4.79 Å². The number of likely N-dealkylation sites (tertiary alicyclic amines) is 1. The number of carbonyl (C=O) groups excluding carboxylic acids is 1. The Kier molecular flexibility index (Phi) is 4.38. The summed E-state index contributed by atoms with van der Waals surface area (Å²) >= 11 is 0. The van der Waals surface area contributed by atoms with Gasteiger partial charge >= 0.3 is 0 Å². The Balaban J connectivity index is 1.53. The first-order valence-electron chi connectivity index (χ1n) is 9.17. The third-order valence-corrected chi connectivity index (χ3v) is 5.21. The van der Waals surface area contributed by atoms with Crippen LogP contribution < -0.4 is 4.90 Å². The maximum Gasteiger partial charge on any atom is 0.254 e. The summed E-state index contributed by atoms with van der Waals surface area (Å²) in [4.78, 5) is 26.2. The Morgan fingerprint density at radius 2 is 1.80 bits per heavy atom. The van der Waals surface area contributed by atoms with Gasteiger partial charge in [-0.25, -0.2) is 0 Å². The van der Waals surface area contributed by atoms with Gasteiger partial charge in [-0.1, -0.05) is 0 Å². The lowest BCUT2D eigenvalue weighted by atomic mass is 10.1. The summed E-state index contributed by atoms with van der Waals surface area (Å²) < 4.78 is 0. The van der Waals surface area contributed by atoms with Crippen molar-refractivity contribution in [3.8, 4) is 0 Å². The van der Waals surface area contributed by atoms with E-state index >= 15 is 0 Å². The van der Waals surface area contributed by atoms with Gasteiger partial charge in [0.1, 0.15) is 0 Å². The molecule has 1 atom stereocenters. The zero-order valence-electron chi connectivity index (χ0n) is 14.7. The van der Waals surface area contributed by atoms with Gasteiger partial charge in [0, 0.05) is 37.1 Å². The molecule has 0 aliphatic carbocycles. The molecule has 0 saturated carbocycles. The van der Waals surface area contributed by atoms with E-state index in [1.807, 2.05) is 24.0 Å². The monoisotopic (exact) mass is 336 g/mol. The fraction of sp³-hybridized carbons (Fsp3) is 0.450. The van der Waals surface area contributed by atoms with Crippen molar-refractivity contribution in [2.45, 2.75) is 38.6 Å². The molecule has 1 amide bonds. The zero-order valence-corrected chi connectivity index (χ0v) is 14.7. The van der Waals surface area contributed by atoms with Crippen LogP contribution in [0.3, 0.4) is 0 Å². The second kappa shape index (κ2) is 6.82. The predicted octanol–water partition coefficient (Wildman–Crippen LogP) is 3.36. The maximum absolute atomic E-state index is 13.0. The molecule has 3 heterocycles. The highest BCUT2D eigenvalue weighted by Crippen LogP contribution is 2.32. The van der Waals surface area contributed by atoms with Crippen LogP contribution in [0.5, 0.6) is 0 Å². The van der Waals surface area contributed by atoms with Crippen molar-refractivity contribution in [1.82, 2.24) is 14.9 Å². The molecule has 0 spiro atoms. The highest BCUT2D eigenvalue weighted by atomic mass is 16.2. The smallest absolute Gasteiger partial charge is 0.254 e. The number of amides is 1. The van der Waals surface area contributed by atoms with E-state index in [-0.39, 0.29) is 11.9 Å². The quantitative estimate of drug-likeness (QED) is 0.862. The summed E-state index contributed by atoms with van der Waals surface area (Å²) in [6.07, 6.45) is 8.02. The molecular formula is C20H24N4O. The summed E-state index contributed by atoms with van der Waals surface area (Å²) in [5.41, 5.74) is 3.78. The number of aromatic nitrogens is 2. The minimum atomic E-state index is 0.0400. The van der Waals surface area contributed by atoms with Gasteiger partial charge in [-0.2, -0.15) is 0 Å². The number of nitrogens with zero attached hydrogens (tertiary/aromatic N) is 4. The Hall–Kier alpha value is -2.43. The van der Waals surface area contributed by atoms with Crippen LogP contribution in [0.15, 0.2) is 36.7 Å². The second-order valence-corrected chi connectivity index (χ2v) is 6.98. The number of aryl methyl sites for hydroxylation is 1. The molecule has 2 aliphatic rings. The first kappa shape index (κ1) is 16.1. The Morgan fingerprint density at radius 1 is 1.04 bits per heavy atom. The Morgan fingerprint density at radius 3 is 2.52 bits per heavy atom. The number of rotatable bonds is 3. The number of carbonyl (C=O) groups is 1. The van der Waals surface area contributed by atoms with Crippen LogP contribution in [0.4, 0.5) is 5.69 Å². The van der Waals surface area contributed by atoms with Crippen molar-refractivity contribution in [3.63, 3.8) is 0 Å². The van der Waals surface area contributed by atoms with Crippen molar-refractivity contribution in [2.24, 2.45) is 0 Å². The lowest BCUT2D eigenvalue weighted by Gasteiger charge is -2.25. The number of hydrogen-bond acceptors (Lipinski definition) is 4. The highest BCUT2D eigenvalue weighted by molar-refractivity contribution is 5.95. The normalized spacial score (nSPS) is 20.3. The van der Waals surface area contributed by atoms with Gasteiger partial charge in [-0.05, 0) is 56.9 Å². The Labute approximate surface area is 148 Å². The first-order valence-corrected chi connectivity index (χ1v) is 9.17. The SMILES string of the molecule is Cc1cncc([C@@H]2CCCN2C(=O)c2ccc(N3CCCC3)cc2)n1. The fourth-order valence-electron chi connectivity index (χ4n) is 3.92. The van der Waals surface area contributed by atoms with Gasteiger partial charge in [0.25, 0.3) is 5.91 Å². The Bertz CT molecular complexity index is 753. The lowest BCUT2D eigenvalue weighted by molar-refractivity contribution is 0.0732. The van der Waals surface area contributed by atoms with E-state index in [0.717, 1.165) is 49.4 Å². The summed E-state index contributed by atoms with van der Waals surface area (Å²) in [5, 5.41) is 0. The molecule has 0 radical (unpaired) electrons. The molecule has 25 heavy (non-hydrogen) atoms. The third-order valence-electron chi connectivity index (χ3n) is 5.21. The summed E-state index contributed by atoms with van der Waals surface area (Å²) in [5.74, 6) is 0.0961. The van der Waals surface area contributed by atoms with E-state index in [9.17, 15) is 4.79 Å². The van der Waals surface area contributed by atoms with Gasteiger partial charge in [0.15, 0.2) is 0 Å². The van der Waals surface area contributed by atoms with E-state index in [1.54, 1.807) is 12.4 Å². The minimum absolute atomic E-state index is 0.0400. The van der Waals surface area contributed by atoms with Gasteiger partial charge in [-0.3, -0.25) is 14.8 Å². The zero-order chi connectivity index (χ0) is 17.2. The average Bonchev–Trinajstić information content (AvgIpc) is 3.33. The summed E-state index contributed by atoms with van der Waals surface area (Å²) in [6, 6.07) is 8.13. The van der Waals surface area contributed by atoms with Crippen LogP contribution in [0.2, 0.25) is 0 Å². The van der Waals surface area contributed by atoms with Crippen LogP contribution in [0.25, 0.3) is 0 Å². The summed E-state index contributed by atoms with van der Waals surface area (Å²) in [6.45, 7) is 4.96. The number of hydrogen-bond donors (Lipinski definition) is 0.